The number of rotatable bonds is 7. The zero-order chi connectivity index (χ0) is 30.0. The van der Waals surface area contributed by atoms with Gasteiger partial charge in [0.25, 0.3) is 0 Å². The number of nitrogens with zero attached hydrogens (tertiary/aromatic N) is 2. The smallest absolute Gasteiger partial charge is 0.410 e. The minimum atomic E-state index is -0.754. The lowest BCUT2D eigenvalue weighted by Gasteiger charge is -2.36. The first kappa shape index (κ1) is 31.6. The monoisotopic (exact) mass is 555 g/mol. The van der Waals surface area contributed by atoms with Crippen LogP contribution in [0.5, 0.6) is 0 Å². The molecule has 0 radical (unpaired) electrons. The van der Waals surface area contributed by atoms with Crippen LogP contribution in [0.2, 0.25) is 0 Å². The Labute approximate surface area is 240 Å². The molecule has 1 aliphatic carbocycles. The van der Waals surface area contributed by atoms with Gasteiger partial charge in [0.2, 0.25) is 11.8 Å². The van der Waals surface area contributed by atoms with Crippen molar-refractivity contribution in [3.05, 3.63) is 35.4 Å². The minimum Gasteiger partial charge on any atom is -0.444 e. The molecule has 40 heavy (non-hydrogen) atoms. The van der Waals surface area contributed by atoms with E-state index in [1.165, 1.54) is 17.5 Å². The highest BCUT2D eigenvalue weighted by molar-refractivity contribution is 5.94. The number of likely N-dealkylation sites (tertiary alicyclic amines) is 1. The summed E-state index contributed by atoms with van der Waals surface area (Å²) in [5.74, 6) is -0.982. The number of carbonyl (C=O) groups excluding carboxylic acids is 4. The molecule has 5 atom stereocenters. The number of aryl methyl sites for hydroxylation is 1. The van der Waals surface area contributed by atoms with Gasteiger partial charge in [0.05, 0.1) is 12.1 Å². The first-order chi connectivity index (χ1) is 18.5. The molecule has 0 aromatic heterocycles. The molecule has 2 aliphatic rings. The second-order valence-corrected chi connectivity index (χ2v) is 13.9. The van der Waals surface area contributed by atoms with Crippen molar-refractivity contribution in [2.45, 2.75) is 111 Å². The van der Waals surface area contributed by atoms with E-state index in [0.29, 0.717) is 13.0 Å². The van der Waals surface area contributed by atoms with E-state index < -0.39 is 35.1 Å². The molecular formula is C32H49N3O5. The molecule has 1 unspecified atom stereocenters. The molecule has 3 amide bonds. The Hall–Kier alpha value is -2.90. The Bertz CT molecular complexity index is 1100. The van der Waals surface area contributed by atoms with E-state index in [4.69, 9.17) is 4.74 Å². The summed E-state index contributed by atoms with van der Waals surface area (Å²) in [5.41, 5.74) is 1.22. The van der Waals surface area contributed by atoms with Crippen LogP contribution in [-0.2, 0) is 25.5 Å². The molecule has 1 aliphatic heterocycles. The van der Waals surface area contributed by atoms with Crippen LogP contribution in [0.1, 0.15) is 98.2 Å². The molecule has 1 saturated heterocycles. The number of likely N-dealkylation sites (N-methyl/N-ethyl adjacent to an activating group) is 1. The summed E-state index contributed by atoms with van der Waals surface area (Å²) in [7, 11) is 1.54. The minimum absolute atomic E-state index is 0.0220. The van der Waals surface area contributed by atoms with Gasteiger partial charge >= 0.3 is 6.09 Å². The van der Waals surface area contributed by atoms with Gasteiger partial charge in [-0.25, -0.2) is 4.79 Å². The van der Waals surface area contributed by atoms with Crippen molar-refractivity contribution in [1.82, 2.24) is 15.1 Å². The highest BCUT2D eigenvalue weighted by atomic mass is 16.6. The van der Waals surface area contributed by atoms with Crippen molar-refractivity contribution >= 4 is 23.7 Å². The van der Waals surface area contributed by atoms with Gasteiger partial charge in [0, 0.05) is 25.9 Å². The van der Waals surface area contributed by atoms with Gasteiger partial charge in [-0.2, -0.15) is 0 Å². The summed E-state index contributed by atoms with van der Waals surface area (Å²) in [6, 6.07) is 6.85. The quantitative estimate of drug-likeness (QED) is 0.493. The fraction of sp³-hybridized carbons (Fsp3) is 0.688. The van der Waals surface area contributed by atoms with E-state index in [0.717, 1.165) is 24.8 Å². The van der Waals surface area contributed by atoms with E-state index in [-0.39, 0.29) is 36.0 Å². The zero-order valence-corrected chi connectivity index (χ0v) is 25.9. The molecule has 1 fully saturated rings. The van der Waals surface area contributed by atoms with E-state index >= 15 is 0 Å². The topological polar surface area (TPSA) is 96.0 Å². The van der Waals surface area contributed by atoms with Crippen molar-refractivity contribution < 1.29 is 23.9 Å². The molecule has 1 N–H and O–H groups in total. The maximum Gasteiger partial charge on any atom is 0.410 e. The normalized spacial score (nSPS) is 22.6. The average molecular weight is 556 g/mol. The van der Waals surface area contributed by atoms with Gasteiger partial charge in [0.1, 0.15) is 11.6 Å². The van der Waals surface area contributed by atoms with Gasteiger partial charge in [-0.3, -0.25) is 14.4 Å². The Balaban J connectivity index is 1.75. The lowest BCUT2D eigenvalue weighted by molar-refractivity contribution is -0.146. The lowest BCUT2D eigenvalue weighted by Crippen LogP contribution is -2.51. The number of nitrogens with one attached hydrogen (secondary N) is 1. The first-order valence-electron chi connectivity index (χ1n) is 14.7. The van der Waals surface area contributed by atoms with Crippen LogP contribution in [0, 0.1) is 17.3 Å². The van der Waals surface area contributed by atoms with Gasteiger partial charge in [0.15, 0.2) is 5.78 Å². The Morgan fingerprint density at radius 2 is 1.75 bits per heavy atom. The SMILES string of the molecule is C[C@H]1CC(C(=O)N[C@@H]2CCCc3ccccc32)N(C(=O)[C@@H](CC(=O)[C@H](C)N(C)C(=O)OC(C)(C)C)C(C)(C)C)C1. The maximum atomic E-state index is 14.1. The third-order valence-electron chi connectivity index (χ3n) is 8.26. The van der Waals surface area contributed by atoms with E-state index in [9.17, 15) is 19.2 Å². The van der Waals surface area contributed by atoms with Gasteiger partial charge in [-0.15, -0.1) is 0 Å². The van der Waals surface area contributed by atoms with Crippen molar-refractivity contribution in [2.24, 2.45) is 17.3 Å². The van der Waals surface area contributed by atoms with Crippen LogP contribution in [0.25, 0.3) is 0 Å². The Morgan fingerprint density at radius 3 is 2.38 bits per heavy atom. The van der Waals surface area contributed by atoms with Crippen LogP contribution >= 0.6 is 0 Å². The van der Waals surface area contributed by atoms with Crippen molar-refractivity contribution in [1.29, 1.82) is 0 Å². The summed E-state index contributed by atoms with van der Waals surface area (Å²) < 4.78 is 5.42. The molecular weight excluding hydrogens is 506 g/mol. The van der Waals surface area contributed by atoms with Crippen LogP contribution in [0.3, 0.4) is 0 Å². The lowest BCUT2D eigenvalue weighted by atomic mass is 9.76. The fourth-order valence-corrected chi connectivity index (χ4v) is 5.75. The summed E-state index contributed by atoms with van der Waals surface area (Å²) in [6.07, 6.45) is 2.88. The molecule has 0 saturated carbocycles. The summed E-state index contributed by atoms with van der Waals surface area (Å²) >= 11 is 0. The fourth-order valence-electron chi connectivity index (χ4n) is 5.75. The Morgan fingerprint density at radius 1 is 1.10 bits per heavy atom. The third-order valence-corrected chi connectivity index (χ3v) is 8.26. The van der Waals surface area contributed by atoms with E-state index in [2.05, 4.69) is 24.4 Å². The molecule has 222 valence electrons. The molecule has 1 heterocycles. The van der Waals surface area contributed by atoms with Crippen molar-refractivity contribution in [3.63, 3.8) is 0 Å². The average Bonchev–Trinajstić information content (AvgIpc) is 3.26. The van der Waals surface area contributed by atoms with Gasteiger partial charge < -0.3 is 19.9 Å². The molecule has 1 aromatic carbocycles. The van der Waals surface area contributed by atoms with E-state index in [1.54, 1.807) is 32.6 Å². The molecule has 8 heteroatoms. The van der Waals surface area contributed by atoms with Crippen LogP contribution in [0.4, 0.5) is 4.79 Å². The Kier molecular flexibility index (Phi) is 9.74. The largest absolute Gasteiger partial charge is 0.444 e. The van der Waals surface area contributed by atoms with Gasteiger partial charge in [-0.1, -0.05) is 52.0 Å². The predicted octanol–water partition coefficient (Wildman–Crippen LogP) is 5.29. The number of carbonyl (C=O) groups is 4. The molecule has 0 spiro atoms. The highest BCUT2D eigenvalue weighted by Gasteiger charge is 2.45. The number of fused-ring (bicyclic) bond motifs is 1. The van der Waals surface area contributed by atoms with Crippen LogP contribution < -0.4 is 5.32 Å². The summed E-state index contributed by atoms with van der Waals surface area (Å²) in [4.78, 5) is 56.6. The number of benzene rings is 1. The number of ketones is 1. The maximum absolute atomic E-state index is 14.1. The predicted molar refractivity (Wildman–Crippen MR) is 156 cm³/mol. The zero-order valence-electron chi connectivity index (χ0n) is 25.9. The second kappa shape index (κ2) is 12.3. The molecule has 3 rings (SSSR count). The van der Waals surface area contributed by atoms with Crippen molar-refractivity contribution in [3.8, 4) is 0 Å². The first-order valence-corrected chi connectivity index (χ1v) is 14.7. The second-order valence-electron chi connectivity index (χ2n) is 13.9. The third kappa shape index (κ3) is 7.64. The number of hydrogen-bond acceptors (Lipinski definition) is 5. The van der Waals surface area contributed by atoms with E-state index in [1.807, 2.05) is 32.9 Å². The molecule has 8 nitrogen and oxygen atoms in total. The van der Waals surface area contributed by atoms with Crippen molar-refractivity contribution in [2.75, 3.05) is 13.6 Å². The summed E-state index contributed by atoms with van der Waals surface area (Å²) in [5, 5.41) is 3.25. The number of hydrogen-bond donors (Lipinski definition) is 1. The summed E-state index contributed by atoms with van der Waals surface area (Å²) in [6.45, 7) is 15.3. The van der Waals surface area contributed by atoms with Gasteiger partial charge in [-0.05, 0) is 75.8 Å². The van der Waals surface area contributed by atoms with Crippen LogP contribution in [0.15, 0.2) is 24.3 Å². The molecule has 0 bridgehead atoms. The number of amides is 3. The number of Topliss-reactive ketones (excluding diaryl/α,β-unsaturated/α-hetero) is 1. The number of ether oxygens (including phenoxy) is 1. The highest BCUT2D eigenvalue weighted by Crippen LogP contribution is 2.36. The van der Waals surface area contributed by atoms with Crippen LogP contribution in [-0.4, -0.2) is 64.8 Å². The molecule has 1 aromatic rings. The standard InChI is InChI=1S/C32H49N3O5/c1-20-17-26(28(37)33-25-16-12-14-22-13-10-11-15-23(22)25)35(19-20)29(38)24(31(3,4)5)18-27(36)21(2)34(9)30(39)40-32(6,7)8/h10-11,13,15,20-21,24-26H,12,14,16-19H2,1-9H3,(H,33,37)/t20-,21-,24+,25+,26?/m0/s1.